The summed E-state index contributed by atoms with van der Waals surface area (Å²) in [5.41, 5.74) is 1.12. The average molecular weight is 487 g/mol. The van der Waals surface area contributed by atoms with Crippen LogP contribution in [0.4, 0.5) is 0 Å². The first-order valence-corrected chi connectivity index (χ1v) is 12.0. The maximum atomic E-state index is 13.1. The summed E-state index contributed by atoms with van der Waals surface area (Å²) in [6.07, 6.45) is 0. The second-order valence-corrected chi connectivity index (χ2v) is 9.55. The maximum Gasteiger partial charge on any atom is 0.414 e. The number of benzene rings is 3. The van der Waals surface area contributed by atoms with Crippen LogP contribution in [0.2, 0.25) is 0 Å². The van der Waals surface area contributed by atoms with E-state index in [1.807, 2.05) is 48.5 Å². The molecular formula is C24H26N2O7S. The summed E-state index contributed by atoms with van der Waals surface area (Å²) in [5, 5.41) is 16.8. The Hall–Kier alpha value is -3.47. The Morgan fingerprint density at radius 1 is 0.853 bits per heavy atom. The quantitative estimate of drug-likeness (QED) is 0.527. The summed E-state index contributed by atoms with van der Waals surface area (Å²) in [6.45, 7) is 3.14. The van der Waals surface area contributed by atoms with Crippen molar-refractivity contribution in [2.24, 2.45) is 0 Å². The highest BCUT2D eigenvalue weighted by Crippen LogP contribution is 2.24. The lowest BCUT2D eigenvalue weighted by atomic mass is 10.1. The Bertz CT molecular complexity index is 1260. The van der Waals surface area contributed by atoms with Crippen LogP contribution in [0.25, 0.3) is 10.8 Å². The topological polar surface area (TPSA) is 124 Å². The van der Waals surface area contributed by atoms with Gasteiger partial charge in [-0.05, 0) is 29.0 Å². The number of carboxylic acids is 2. The molecule has 1 aliphatic heterocycles. The Kier molecular flexibility index (Phi) is 8.21. The number of fused-ring (bicyclic) bond motifs is 1. The summed E-state index contributed by atoms with van der Waals surface area (Å²) in [4.78, 5) is 20.8. The summed E-state index contributed by atoms with van der Waals surface area (Å²) < 4.78 is 33.2. The fourth-order valence-corrected chi connectivity index (χ4v) is 5.14. The number of hydrogen-bond acceptors (Lipinski definition) is 6. The van der Waals surface area contributed by atoms with Gasteiger partial charge in [-0.25, -0.2) is 18.0 Å². The van der Waals surface area contributed by atoms with Crippen LogP contribution in [0.3, 0.4) is 0 Å². The molecule has 1 fully saturated rings. The Morgan fingerprint density at radius 3 is 2.06 bits per heavy atom. The highest BCUT2D eigenvalue weighted by Gasteiger charge is 2.28. The number of para-hydroxylation sites is 1. The molecule has 34 heavy (non-hydrogen) atoms. The summed E-state index contributed by atoms with van der Waals surface area (Å²) in [7, 11) is -1.81. The molecule has 0 aliphatic carbocycles. The smallest absolute Gasteiger partial charge is 0.414 e. The van der Waals surface area contributed by atoms with Crippen molar-refractivity contribution in [1.29, 1.82) is 0 Å². The van der Waals surface area contributed by atoms with Gasteiger partial charge in [0.25, 0.3) is 0 Å². The summed E-state index contributed by atoms with van der Waals surface area (Å²) >= 11 is 0. The number of sulfonamides is 1. The lowest BCUT2D eigenvalue weighted by Gasteiger charge is -2.34. The van der Waals surface area contributed by atoms with Crippen LogP contribution in [-0.2, 0) is 26.2 Å². The second-order valence-electron chi connectivity index (χ2n) is 7.61. The molecule has 0 radical (unpaired) electrons. The van der Waals surface area contributed by atoms with Crippen LogP contribution in [0.5, 0.6) is 5.75 Å². The van der Waals surface area contributed by atoms with Gasteiger partial charge in [-0.1, -0.05) is 48.5 Å². The Balaban J connectivity index is 0.000000481. The molecule has 0 aromatic heterocycles. The second kappa shape index (κ2) is 11.1. The van der Waals surface area contributed by atoms with Gasteiger partial charge in [0, 0.05) is 38.3 Å². The number of rotatable bonds is 5. The van der Waals surface area contributed by atoms with Gasteiger partial charge in [-0.15, -0.1) is 0 Å². The van der Waals surface area contributed by atoms with Crippen molar-refractivity contribution in [2.45, 2.75) is 11.4 Å². The maximum absolute atomic E-state index is 13.1. The number of aliphatic carboxylic acids is 2. The molecule has 0 spiro atoms. The third-order valence-corrected chi connectivity index (χ3v) is 7.35. The van der Waals surface area contributed by atoms with Gasteiger partial charge in [0.15, 0.2) is 0 Å². The monoisotopic (exact) mass is 486 g/mol. The van der Waals surface area contributed by atoms with Crippen molar-refractivity contribution in [2.75, 3.05) is 33.3 Å². The van der Waals surface area contributed by atoms with Gasteiger partial charge in [-0.2, -0.15) is 4.31 Å². The van der Waals surface area contributed by atoms with Gasteiger partial charge >= 0.3 is 11.9 Å². The molecule has 0 saturated carbocycles. The molecular weight excluding hydrogens is 460 g/mol. The number of carbonyl (C=O) groups is 2. The van der Waals surface area contributed by atoms with Gasteiger partial charge in [0.1, 0.15) is 5.75 Å². The fourth-order valence-electron chi connectivity index (χ4n) is 3.68. The molecule has 180 valence electrons. The van der Waals surface area contributed by atoms with Crippen molar-refractivity contribution < 1.29 is 33.0 Å². The minimum Gasteiger partial charge on any atom is -0.496 e. The number of hydrogen-bond donors (Lipinski definition) is 2. The van der Waals surface area contributed by atoms with Gasteiger partial charge in [0.05, 0.1) is 12.0 Å². The van der Waals surface area contributed by atoms with Crippen LogP contribution >= 0.6 is 0 Å². The number of ether oxygens (including phenoxy) is 1. The fraction of sp³-hybridized carbons (Fsp3) is 0.250. The van der Waals surface area contributed by atoms with Crippen LogP contribution < -0.4 is 4.74 Å². The molecule has 0 amide bonds. The molecule has 0 bridgehead atoms. The van der Waals surface area contributed by atoms with E-state index in [0.29, 0.717) is 31.1 Å². The molecule has 1 saturated heterocycles. The Labute approximate surface area is 197 Å². The van der Waals surface area contributed by atoms with Crippen LogP contribution in [0, 0.1) is 0 Å². The highest BCUT2D eigenvalue weighted by atomic mass is 32.2. The van der Waals surface area contributed by atoms with Crippen molar-refractivity contribution in [3.05, 3.63) is 72.3 Å². The molecule has 9 nitrogen and oxygen atoms in total. The highest BCUT2D eigenvalue weighted by molar-refractivity contribution is 7.89. The predicted octanol–water partition coefficient (Wildman–Crippen LogP) is 2.51. The van der Waals surface area contributed by atoms with E-state index >= 15 is 0 Å². The van der Waals surface area contributed by atoms with E-state index in [-0.39, 0.29) is 0 Å². The van der Waals surface area contributed by atoms with Crippen LogP contribution in [0.15, 0.2) is 71.6 Å². The molecule has 0 unspecified atom stereocenters. The first-order chi connectivity index (χ1) is 16.2. The first-order valence-electron chi connectivity index (χ1n) is 10.5. The zero-order valence-electron chi connectivity index (χ0n) is 18.6. The summed E-state index contributed by atoms with van der Waals surface area (Å²) in [6, 6.07) is 21.1. The third-order valence-electron chi connectivity index (χ3n) is 5.46. The van der Waals surface area contributed by atoms with E-state index in [9.17, 15) is 8.42 Å². The lowest BCUT2D eigenvalue weighted by Crippen LogP contribution is -2.48. The van der Waals surface area contributed by atoms with Gasteiger partial charge in [0.2, 0.25) is 10.0 Å². The van der Waals surface area contributed by atoms with E-state index in [0.717, 1.165) is 28.6 Å². The van der Waals surface area contributed by atoms with Crippen LogP contribution in [0.1, 0.15) is 5.56 Å². The number of piperazine rings is 1. The normalized spacial score (nSPS) is 14.7. The van der Waals surface area contributed by atoms with E-state index < -0.39 is 22.0 Å². The van der Waals surface area contributed by atoms with E-state index in [4.69, 9.17) is 24.5 Å². The summed E-state index contributed by atoms with van der Waals surface area (Å²) in [5.74, 6) is -2.78. The zero-order valence-corrected chi connectivity index (χ0v) is 19.4. The number of methoxy groups -OCH3 is 1. The SMILES string of the molecule is COc1ccccc1CN1CCN(S(=O)(=O)c2ccc3ccccc3c2)CC1.O=C(O)C(=O)O. The van der Waals surface area contributed by atoms with E-state index in [1.165, 1.54) is 0 Å². The van der Waals surface area contributed by atoms with E-state index in [1.54, 1.807) is 23.5 Å². The average Bonchev–Trinajstić information content (AvgIpc) is 2.84. The Morgan fingerprint density at radius 2 is 1.44 bits per heavy atom. The number of nitrogens with zero attached hydrogens (tertiary/aromatic N) is 2. The van der Waals surface area contributed by atoms with Crippen molar-refractivity contribution in [3.63, 3.8) is 0 Å². The van der Waals surface area contributed by atoms with Crippen molar-refractivity contribution in [1.82, 2.24) is 9.21 Å². The molecule has 1 aliphatic rings. The first kappa shape index (κ1) is 25.2. The van der Waals surface area contributed by atoms with Gasteiger partial charge in [-0.3, -0.25) is 4.90 Å². The standard InChI is InChI=1S/C22H24N2O3S.C2H2O4/c1-27-22-9-5-4-8-20(22)17-23-12-14-24(15-13-23)28(25,26)21-11-10-18-6-2-3-7-19(18)16-21;3-1(4)2(5)6/h2-11,16H,12-15,17H2,1H3;(H,3,4)(H,5,6). The minimum absolute atomic E-state index is 0.365. The largest absolute Gasteiger partial charge is 0.496 e. The molecule has 10 heteroatoms. The number of carboxylic acid groups (broad SMARTS) is 2. The van der Waals surface area contributed by atoms with Crippen molar-refractivity contribution in [3.8, 4) is 5.75 Å². The molecule has 0 atom stereocenters. The predicted molar refractivity (Wildman–Crippen MR) is 126 cm³/mol. The minimum atomic E-state index is -3.48. The molecule has 3 aromatic rings. The molecule has 4 rings (SSSR count). The zero-order chi connectivity index (χ0) is 24.7. The molecule has 2 N–H and O–H groups in total. The van der Waals surface area contributed by atoms with Crippen molar-refractivity contribution >= 4 is 32.7 Å². The lowest BCUT2D eigenvalue weighted by molar-refractivity contribution is -0.159. The van der Waals surface area contributed by atoms with Crippen LogP contribution in [-0.4, -0.2) is 73.1 Å². The third kappa shape index (κ3) is 6.10. The molecule has 3 aromatic carbocycles. The van der Waals surface area contributed by atoms with Gasteiger partial charge < -0.3 is 14.9 Å². The molecule has 1 heterocycles. The van der Waals surface area contributed by atoms with E-state index in [2.05, 4.69) is 11.0 Å².